The normalized spacial score (nSPS) is 11.6. The molecule has 0 heterocycles. The summed E-state index contributed by atoms with van der Waals surface area (Å²) in [4.78, 5) is 50.3. The van der Waals surface area contributed by atoms with Crippen LogP contribution in [0.15, 0.2) is 114 Å². The van der Waals surface area contributed by atoms with E-state index in [-0.39, 0.29) is 17.3 Å². The largest absolute Gasteiger partial charge is 0.493 e. The van der Waals surface area contributed by atoms with Crippen LogP contribution in [-0.2, 0) is 9.59 Å². The van der Waals surface area contributed by atoms with Crippen molar-refractivity contribution >= 4 is 52.6 Å². The Hall–Kier alpha value is -5.42. The van der Waals surface area contributed by atoms with Crippen LogP contribution < -0.4 is 20.7 Å². The first-order chi connectivity index (χ1) is 21.2. The van der Waals surface area contributed by atoms with Crippen LogP contribution in [0.25, 0.3) is 6.08 Å². The molecule has 4 aromatic rings. The second-order valence-electron chi connectivity index (χ2n) is 9.38. The third-order valence-electron chi connectivity index (χ3n) is 6.17. The number of nitro benzene ring substituents is 1. The maximum Gasteiger partial charge on any atom is 0.272 e. The number of ether oxygens (including phenoxy) is 1. The number of para-hydroxylation sites is 1. The summed E-state index contributed by atoms with van der Waals surface area (Å²) in [7, 11) is 0. The van der Waals surface area contributed by atoms with Gasteiger partial charge in [-0.1, -0.05) is 42.5 Å². The summed E-state index contributed by atoms with van der Waals surface area (Å²) in [6.45, 7) is 4.01. The number of anilines is 2. The van der Waals surface area contributed by atoms with Crippen molar-refractivity contribution in [2.45, 2.75) is 24.0 Å². The average Bonchev–Trinajstić information content (AvgIpc) is 3.02. The molecule has 3 amide bonds. The van der Waals surface area contributed by atoms with Crippen LogP contribution in [0.2, 0.25) is 0 Å². The van der Waals surface area contributed by atoms with E-state index in [0.29, 0.717) is 34.9 Å². The number of hydrogen-bond acceptors (Lipinski definition) is 7. The summed E-state index contributed by atoms with van der Waals surface area (Å²) < 4.78 is 5.70. The van der Waals surface area contributed by atoms with Gasteiger partial charge in [0.2, 0.25) is 5.91 Å². The molecule has 0 saturated heterocycles. The van der Waals surface area contributed by atoms with Crippen molar-refractivity contribution in [1.29, 1.82) is 0 Å². The minimum Gasteiger partial charge on any atom is -0.493 e. The fourth-order valence-corrected chi connectivity index (χ4v) is 4.92. The number of carbonyl (C=O) groups excluding carboxylic acids is 3. The van der Waals surface area contributed by atoms with Crippen molar-refractivity contribution in [3.05, 3.63) is 130 Å². The van der Waals surface area contributed by atoms with Gasteiger partial charge in [0.1, 0.15) is 11.4 Å². The summed E-state index contributed by atoms with van der Waals surface area (Å²) in [6, 6.07) is 28.3. The van der Waals surface area contributed by atoms with E-state index in [1.165, 1.54) is 36.0 Å². The number of amides is 3. The van der Waals surface area contributed by atoms with Crippen LogP contribution in [0.4, 0.5) is 17.1 Å². The van der Waals surface area contributed by atoms with E-state index in [1.54, 1.807) is 73.7 Å². The van der Waals surface area contributed by atoms with E-state index in [0.717, 1.165) is 4.90 Å². The van der Waals surface area contributed by atoms with E-state index < -0.39 is 22.0 Å². The third kappa shape index (κ3) is 8.79. The Morgan fingerprint density at radius 3 is 2.30 bits per heavy atom. The highest BCUT2D eigenvalue weighted by Crippen LogP contribution is 2.28. The number of nitrogens with zero attached hydrogens (tertiary/aromatic N) is 1. The number of hydrogen-bond donors (Lipinski definition) is 3. The maximum atomic E-state index is 13.5. The van der Waals surface area contributed by atoms with Gasteiger partial charge in [0.25, 0.3) is 17.5 Å². The molecule has 0 aliphatic heterocycles. The van der Waals surface area contributed by atoms with Crippen LogP contribution in [0.5, 0.6) is 5.75 Å². The molecular weight excluding hydrogens is 580 g/mol. The molecule has 1 atom stereocenters. The number of benzene rings is 4. The first-order valence-corrected chi connectivity index (χ1v) is 14.5. The van der Waals surface area contributed by atoms with Crippen molar-refractivity contribution in [2.75, 3.05) is 17.2 Å². The summed E-state index contributed by atoms with van der Waals surface area (Å²) in [6.07, 6.45) is 1.56. The molecule has 0 aliphatic rings. The Labute approximate surface area is 258 Å². The van der Waals surface area contributed by atoms with Crippen LogP contribution in [0, 0.1) is 10.1 Å². The predicted octanol–water partition coefficient (Wildman–Crippen LogP) is 6.52. The van der Waals surface area contributed by atoms with Crippen molar-refractivity contribution < 1.29 is 24.0 Å². The lowest BCUT2D eigenvalue weighted by Crippen LogP contribution is -2.30. The smallest absolute Gasteiger partial charge is 0.272 e. The zero-order valence-corrected chi connectivity index (χ0v) is 24.8. The fourth-order valence-electron chi connectivity index (χ4n) is 4.00. The molecule has 4 rings (SSSR count). The lowest BCUT2D eigenvalue weighted by atomic mass is 10.1. The van der Waals surface area contributed by atoms with Crippen molar-refractivity contribution in [3.8, 4) is 5.75 Å². The maximum absolute atomic E-state index is 13.5. The van der Waals surface area contributed by atoms with E-state index in [4.69, 9.17) is 4.74 Å². The Bertz CT molecular complexity index is 1680. The van der Waals surface area contributed by atoms with Gasteiger partial charge in [-0.05, 0) is 68.5 Å². The van der Waals surface area contributed by atoms with E-state index in [2.05, 4.69) is 16.0 Å². The molecule has 0 spiro atoms. The fraction of sp³-hybridized carbons (Fsp3) is 0.121. The topological polar surface area (TPSA) is 140 Å². The molecule has 4 aromatic carbocycles. The van der Waals surface area contributed by atoms with Crippen molar-refractivity contribution in [2.24, 2.45) is 0 Å². The molecule has 0 radical (unpaired) electrons. The average molecular weight is 611 g/mol. The highest BCUT2D eigenvalue weighted by Gasteiger charge is 2.18. The molecule has 1 unspecified atom stereocenters. The number of thioether (sulfide) groups is 1. The molecule has 0 fully saturated rings. The lowest BCUT2D eigenvalue weighted by Gasteiger charge is -2.14. The van der Waals surface area contributed by atoms with E-state index in [9.17, 15) is 24.5 Å². The SMILES string of the molecule is CCOc1ccccc1/C=C(/NC(=O)c1ccccc1)C(=O)Nc1cccc(SC(C)C(=O)Nc2ccc([N+](=O)[O-])cc2)c1. The van der Waals surface area contributed by atoms with Gasteiger partial charge in [-0.3, -0.25) is 24.5 Å². The number of rotatable bonds is 12. The molecule has 11 heteroatoms. The minimum atomic E-state index is -0.549. The monoisotopic (exact) mass is 610 g/mol. The second-order valence-corrected chi connectivity index (χ2v) is 10.8. The Kier molecular flexibility index (Phi) is 10.9. The van der Waals surface area contributed by atoms with Gasteiger partial charge in [0, 0.05) is 39.5 Å². The Morgan fingerprint density at radius 1 is 0.886 bits per heavy atom. The zero-order chi connectivity index (χ0) is 31.5. The minimum absolute atomic E-state index is 0.0138. The van der Waals surface area contributed by atoms with Gasteiger partial charge < -0.3 is 20.7 Å². The number of non-ortho nitro benzene ring substituents is 1. The molecular formula is C33H30N4O6S. The molecule has 0 bridgehead atoms. The summed E-state index contributed by atoms with van der Waals surface area (Å²) in [5, 5.41) is 18.7. The lowest BCUT2D eigenvalue weighted by molar-refractivity contribution is -0.384. The Balaban J connectivity index is 1.49. The van der Waals surface area contributed by atoms with Crippen LogP contribution in [-0.4, -0.2) is 34.5 Å². The summed E-state index contributed by atoms with van der Waals surface area (Å²) in [5.41, 5.74) is 1.85. The Morgan fingerprint density at radius 2 is 1.59 bits per heavy atom. The van der Waals surface area contributed by atoms with Gasteiger partial charge in [0.05, 0.1) is 16.8 Å². The standard InChI is InChI=1S/C33H30N4O6S/c1-3-43-30-15-8-7-12-24(30)20-29(36-32(39)23-10-5-4-6-11-23)33(40)35-26-13-9-14-28(21-26)44-22(2)31(38)34-25-16-18-27(19-17-25)37(41)42/h4-22H,3H2,1-2H3,(H,34,38)(H,35,40)(H,36,39)/b29-20+. The molecule has 0 aliphatic carbocycles. The molecule has 3 N–H and O–H groups in total. The van der Waals surface area contributed by atoms with E-state index in [1.807, 2.05) is 25.1 Å². The van der Waals surface area contributed by atoms with Gasteiger partial charge in [-0.2, -0.15) is 0 Å². The van der Waals surface area contributed by atoms with Crippen molar-refractivity contribution in [1.82, 2.24) is 5.32 Å². The first-order valence-electron chi connectivity index (χ1n) is 13.7. The highest BCUT2D eigenvalue weighted by atomic mass is 32.2. The van der Waals surface area contributed by atoms with Gasteiger partial charge in [0.15, 0.2) is 0 Å². The van der Waals surface area contributed by atoms with E-state index >= 15 is 0 Å². The first kappa shape index (κ1) is 31.5. The van der Waals surface area contributed by atoms with Crippen LogP contribution in [0.1, 0.15) is 29.8 Å². The number of nitrogens with one attached hydrogen (secondary N) is 3. The molecule has 0 aromatic heterocycles. The molecule has 224 valence electrons. The molecule has 10 nitrogen and oxygen atoms in total. The van der Waals surface area contributed by atoms with Crippen LogP contribution >= 0.6 is 11.8 Å². The quantitative estimate of drug-likeness (QED) is 0.0718. The van der Waals surface area contributed by atoms with Gasteiger partial charge in [-0.25, -0.2) is 0 Å². The second kappa shape index (κ2) is 15.2. The number of carbonyl (C=O) groups is 3. The van der Waals surface area contributed by atoms with Crippen molar-refractivity contribution in [3.63, 3.8) is 0 Å². The summed E-state index contributed by atoms with van der Waals surface area (Å²) >= 11 is 1.27. The third-order valence-corrected chi connectivity index (χ3v) is 7.26. The number of nitro groups is 1. The zero-order valence-electron chi connectivity index (χ0n) is 24.0. The highest BCUT2D eigenvalue weighted by molar-refractivity contribution is 8.00. The predicted molar refractivity (Wildman–Crippen MR) is 172 cm³/mol. The van der Waals surface area contributed by atoms with Crippen LogP contribution in [0.3, 0.4) is 0 Å². The summed E-state index contributed by atoms with van der Waals surface area (Å²) in [5.74, 6) is -0.724. The van der Waals surface area contributed by atoms with Gasteiger partial charge >= 0.3 is 0 Å². The molecule has 44 heavy (non-hydrogen) atoms. The molecule has 0 saturated carbocycles. The van der Waals surface area contributed by atoms with Gasteiger partial charge in [-0.15, -0.1) is 11.8 Å².